The first-order chi connectivity index (χ1) is 23.3. The number of nitrogens with zero attached hydrogens (tertiary/aromatic N) is 1. The van der Waals surface area contributed by atoms with Crippen LogP contribution in [0.25, 0.3) is 17.3 Å². The number of carbonyl (C=O) groups is 3. The molecule has 0 saturated heterocycles. The molecule has 0 aliphatic rings. The normalized spacial score (nSPS) is 11.8. The van der Waals surface area contributed by atoms with Crippen LogP contribution >= 0.6 is 23.1 Å². The van der Waals surface area contributed by atoms with E-state index >= 15 is 0 Å². The van der Waals surface area contributed by atoms with Crippen LogP contribution in [0.4, 0.5) is 10.8 Å². The standard InChI is InChI=1S/C38H36N4O4S2/c1-4-33(37(45)42-38-41-34(25(3)47-38)27-13-8-6-9-14-27)48-31-18-12-17-29(24-31)39-36(44)32(40-35(43)28-15-10-7-11-16-28)23-26-19-21-30(22-20-26)46-5-2/h6-24,33H,4-5H2,1-3H3,(H,39,44)(H,40,43)(H,41,42,45)/b32-23+. The van der Waals surface area contributed by atoms with Crippen LogP contribution in [0.15, 0.2) is 120 Å². The van der Waals surface area contributed by atoms with Crippen LogP contribution < -0.4 is 20.7 Å². The van der Waals surface area contributed by atoms with Crippen LogP contribution in [0, 0.1) is 6.92 Å². The number of amides is 3. The zero-order valence-electron chi connectivity index (χ0n) is 26.9. The molecule has 0 fully saturated rings. The second-order valence-electron chi connectivity index (χ2n) is 10.7. The number of benzene rings is 4. The van der Waals surface area contributed by atoms with Gasteiger partial charge in [0.1, 0.15) is 11.4 Å². The zero-order chi connectivity index (χ0) is 33.9. The summed E-state index contributed by atoms with van der Waals surface area (Å²) >= 11 is 2.85. The molecule has 3 N–H and O–H groups in total. The van der Waals surface area contributed by atoms with Crippen molar-refractivity contribution in [2.75, 3.05) is 17.2 Å². The summed E-state index contributed by atoms with van der Waals surface area (Å²) in [7, 11) is 0. The topological polar surface area (TPSA) is 109 Å². The quantitative estimate of drug-likeness (QED) is 0.0853. The number of thioether (sulfide) groups is 1. The van der Waals surface area contributed by atoms with Gasteiger partial charge in [-0.2, -0.15) is 0 Å². The molecule has 5 aromatic rings. The molecular formula is C38H36N4O4S2. The molecule has 0 bridgehead atoms. The van der Waals surface area contributed by atoms with Gasteiger partial charge in [0.25, 0.3) is 11.8 Å². The monoisotopic (exact) mass is 676 g/mol. The van der Waals surface area contributed by atoms with E-state index in [1.165, 1.54) is 23.1 Å². The van der Waals surface area contributed by atoms with E-state index in [0.29, 0.717) is 40.7 Å². The molecule has 1 unspecified atom stereocenters. The van der Waals surface area contributed by atoms with E-state index in [4.69, 9.17) is 4.74 Å². The van der Waals surface area contributed by atoms with Gasteiger partial charge in [-0.3, -0.25) is 14.4 Å². The third-order valence-corrected chi connectivity index (χ3v) is 9.38. The Labute approximate surface area is 288 Å². The maximum Gasteiger partial charge on any atom is 0.272 e. The highest BCUT2D eigenvalue weighted by Crippen LogP contribution is 2.32. The van der Waals surface area contributed by atoms with E-state index < -0.39 is 11.8 Å². The fourth-order valence-corrected chi connectivity index (χ4v) is 6.62. The predicted octanol–water partition coefficient (Wildman–Crippen LogP) is 8.44. The number of aryl methyl sites for hydroxylation is 1. The van der Waals surface area contributed by atoms with Crippen LogP contribution in [0.3, 0.4) is 0 Å². The van der Waals surface area contributed by atoms with E-state index in [2.05, 4.69) is 20.9 Å². The van der Waals surface area contributed by atoms with Gasteiger partial charge in [0.05, 0.1) is 17.6 Å². The highest BCUT2D eigenvalue weighted by Gasteiger charge is 2.21. The van der Waals surface area contributed by atoms with E-state index in [0.717, 1.165) is 21.0 Å². The number of anilines is 2. The summed E-state index contributed by atoms with van der Waals surface area (Å²) in [6.07, 6.45) is 2.20. The predicted molar refractivity (Wildman–Crippen MR) is 195 cm³/mol. The summed E-state index contributed by atoms with van der Waals surface area (Å²) < 4.78 is 5.53. The van der Waals surface area contributed by atoms with Gasteiger partial charge in [-0.15, -0.1) is 23.1 Å². The minimum Gasteiger partial charge on any atom is -0.494 e. The molecule has 3 amide bonds. The van der Waals surface area contributed by atoms with Crippen LogP contribution in [-0.4, -0.2) is 34.6 Å². The van der Waals surface area contributed by atoms with Crippen molar-refractivity contribution < 1.29 is 19.1 Å². The number of aromatic nitrogens is 1. The van der Waals surface area contributed by atoms with Gasteiger partial charge >= 0.3 is 0 Å². The number of hydrogen-bond acceptors (Lipinski definition) is 7. The van der Waals surface area contributed by atoms with Crippen molar-refractivity contribution in [3.05, 3.63) is 131 Å². The third-order valence-electron chi connectivity index (χ3n) is 7.14. The van der Waals surface area contributed by atoms with Crippen molar-refractivity contribution in [2.45, 2.75) is 37.3 Å². The van der Waals surface area contributed by atoms with Crippen molar-refractivity contribution in [3.8, 4) is 17.0 Å². The zero-order valence-corrected chi connectivity index (χ0v) is 28.5. The van der Waals surface area contributed by atoms with Crippen LogP contribution in [-0.2, 0) is 9.59 Å². The van der Waals surface area contributed by atoms with Crippen molar-refractivity contribution in [3.63, 3.8) is 0 Å². The molecule has 0 spiro atoms. The van der Waals surface area contributed by atoms with E-state index in [1.54, 1.807) is 36.4 Å². The molecule has 5 rings (SSSR count). The average molecular weight is 677 g/mol. The maximum absolute atomic E-state index is 13.6. The molecule has 1 heterocycles. The molecule has 0 aliphatic carbocycles. The van der Waals surface area contributed by atoms with Gasteiger partial charge in [-0.1, -0.05) is 73.7 Å². The Hall–Kier alpha value is -5.19. The lowest BCUT2D eigenvalue weighted by molar-refractivity contribution is -0.116. The molecule has 1 aromatic heterocycles. The van der Waals surface area contributed by atoms with Crippen LogP contribution in [0.1, 0.15) is 41.1 Å². The molecular weight excluding hydrogens is 641 g/mol. The molecule has 1 atom stereocenters. The second-order valence-corrected chi connectivity index (χ2v) is 13.1. The number of hydrogen-bond donors (Lipinski definition) is 3. The Balaban J connectivity index is 1.29. The lowest BCUT2D eigenvalue weighted by Gasteiger charge is -2.15. The fourth-order valence-electron chi connectivity index (χ4n) is 4.77. The lowest BCUT2D eigenvalue weighted by atomic mass is 10.1. The first-order valence-corrected chi connectivity index (χ1v) is 17.2. The summed E-state index contributed by atoms with van der Waals surface area (Å²) in [5.74, 6) is -0.334. The molecule has 8 nitrogen and oxygen atoms in total. The maximum atomic E-state index is 13.6. The van der Waals surface area contributed by atoms with Gasteiger partial charge < -0.3 is 20.7 Å². The van der Waals surface area contributed by atoms with Crippen molar-refractivity contribution in [1.29, 1.82) is 0 Å². The van der Waals surface area contributed by atoms with E-state index in [1.807, 2.05) is 99.6 Å². The largest absolute Gasteiger partial charge is 0.494 e. The van der Waals surface area contributed by atoms with Gasteiger partial charge in [-0.05, 0) is 74.4 Å². The van der Waals surface area contributed by atoms with Crippen LogP contribution in [0.2, 0.25) is 0 Å². The Morgan fingerprint density at radius 3 is 2.27 bits per heavy atom. The summed E-state index contributed by atoms with van der Waals surface area (Å²) in [4.78, 5) is 46.5. The van der Waals surface area contributed by atoms with E-state index in [-0.39, 0.29) is 16.9 Å². The number of ether oxygens (including phenoxy) is 1. The van der Waals surface area contributed by atoms with Crippen molar-refractivity contribution in [1.82, 2.24) is 10.3 Å². The highest BCUT2D eigenvalue weighted by molar-refractivity contribution is 8.00. The molecule has 0 radical (unpaired) electrons. The molecule has 0 saturated carbocycles. The van der Waals surface area contributed by atoms with Crippen LogP contribution in [0.5, 0.6) is 5.75 Å². The molecule has 0 aliphatic heterocycles. The SMILES string of the molecule is CCOc1ccc(/C=C(/NC(=O)c2ccccc2)C(=O)Nc2cccc(SC(CC)C(=O)Nc3nc(-c4ccccc4)c(C)s3)c2)cc1. The van der Waals surface area contributed by atoms with Gasteiger partial charge in [0.15, 0.2) is 5.13 Å². The third kappa shape index (κ3) is 9.21. The van der Waals surface area contributed by atoms with Gasteiger partial charge in [0.2, 0.25) is 5.91 Å². The van der Waals surface area contributed by atoms with Crippen molar-refractivity contribution >= 4 is 57.7 Å². The average Bonchev–Trinajstić information content (AvgIpc) is 3.47. The van der Waals surface area contributed by atoms with Gasteiger partial charge in [0, 0.05) is 26.6 Å². The smallest absolute Gasteiger partial charge is 0.272 e. The number of nitrogens with one attached hydrogen (secondary N) is 3. The van der Waals surface area contributed by atoms with Gasteiger partial charge in [-0.25, -0.2) is 4.98 Å². The van der Waals surface area contributed by atoms with E-state index in [9.17, 15) is 14.4 Å². The minimum absolute atomic E-state index is 0.0745. The highest BCUT2D eigenvalue weighted by atomic mass is 32.2. The Bertz CT molecular complexity index is 1890. The Kier molecular flexibility index (Phi) is 11.8. The number of rotatable bonds is 13. The number of thiazole rings is 1. The summed E-state index contributed by atoms with van der Waals surface area (Å²) in [5, 5.41) is 8.84. The molecule has 10 heteroatoms. The summed E-state index contributed by atoms with van der Waals surface area (Å²) in [6.45, 7) is 6.40. The Morgan fingerprint density at radius 1 is 0.875 bits per heavy atom. The lowest BCUT2D eigenvalue weighted by Crippen LogP contribution is -2.30. The van der Waals surface area contributed by atoms with Crippen molar-refractivity contribution in [2.24, 2.45) is 0 Å². The minimum atomic E-state index is -0.492. The fraction of sp³-hybridized carbons (Fsp3) is 0.158. The first kappa shape index (κ1) is 34.2. The molecule has 4 aromatic carbocycles. The Morgan fingerprint density at radius 2 is 1.58 bits per heavy atom. The molecule has 244 valence electrons. The second kappa shape index (κ2) is 16.6. The summed E-state index contributed by atoms with van der Waals surface area (Å²) in [6, 6.07) is 33.1. The first-order valence-electron chi connectivity index (χ1n) is 15.6. The number of carbonyl (C=O) groups excluding carboxylic acids is 3. The molecule has 48 heavy (non-hydrogen) atoms. The summed E-state index contributed by atoms with van der Waals surface area (Å²) in [5.41, 5.74) is 3.60.